The summed E-state index contributed by atoms with van der Waals surface area (Å²) >= 11 is 11.9. The molecule has 2 rings (SSSR count). The number of halogens is 2. The lowest BCUT2D eigenvalue weighted by Gasteiger charge is -2.07. The monoisotopic (exact) mass is 281 g/mol. The summed E-state index contributed by atoms with van der Waals surface area (Å²) in [6.45, 7) is 0. The second-order valence-corrected chi connectivity index (χ2v) is 4.30. The molecule has 0 aliphatic heterocycles. The van der Waals surface area contributed by atoms with Crippen molar-refractivity contribution in [2.24, 2.45) is 0 Å². The molecule has 0 spiro atoms. The molecule has 0 N–H and O–H groups in total. The predicted octanol–water partition coefficient (Wildman–Crippen LogP) is 3.84. The zero-order valence-electron chi connectivity index (χ0n) is 9.48. The molecular formula is C13H9Cl2NO2. The number of carbonyl (C=O) groups excluding carboxylic acids is 1. The van der Waals surface area contributed by atoms with Gasteiger partial charge in [-0.3, -0.25) is 0 Å². The van der Waals surface area contributed by atoms with Crippen molar-refractivity contribution in [3.8, 4) is 11.1 Å². The van der Waals surface area contributed by atoms with Crippen molar-refractivity contribution in [3.05, 3.63) is 52.3 Å². The van der Waals surface area contributed by atoms with E-state index in [1.807, 2.05) is 18.2 Å². The van der Waals surface area contributed by atoms with Gasteiger partial charge in [-0.15, -0.1) is 0 Å². The molecule has 0 unspecified atom stereocenters. The van der Waals surface area contributed by atoms with Gasteiger partial charge in [0.25, 0.3) is 0 Å². The molecule has 0 atom stereocenters. The van der Waals surface area contributed by atoms with E-state index < -0.39 is 5.97 Å². The Morgan fingerprint density at radius 2 is 2.00 bits per heavy atom. The Morgan fingerprint density at radius 3 is 2.67 bits per heavy atom. The van der Waals surface area contributed by atoms with E-state index in [1.54, 1.807) is 18.3 Å². The van der Waals surface area contributed by atoms with Crippen molar-refractivity contribution in [2.45, 2.75) is 0 Å². The van der Waals surface area contributed by atoms with E-state index in [0.717, 1.165) is 5.56 Å². The maximum atomic E-state index is 11.5. The molecule has 2 aromatic rings. The van der Waals surface area contributed by atoms with Crippen LogP contribution in [0, 0.1) is 0 Å². The van der Waals surface area contributed by atoms with Crippen LogP contribution in [0.15, 0.2) is 36.5 Å². The fourth-order valence-corrected chi connectivity index (χ4v) is 1.97. The lowest BCUT2D eigenvalue weighted by atomic mass is 10.1. The van der Waals surface area contributed by atoms with Crippen molar-refractivity contribution in [1.29, 1.82) is 0 Å². The first kappa shape index (κ1) is 12.9. The normalized spacial score (nSPS) is 10.2. The first-order chi connectivity index (χ1) is 8.63. The van der Waals surface area contributed by atoms with Crippen molar-refractivity contribution >= 4 is 29.2 Å². The molecule has 0 saturated heterocycles. The van der Waals surface area contributed by atoms with E-state index in [0.29, 0.717) is 10.6 Å². The Balaban J connectivity index is 2.54. The molecule has 0 amide bonds. The zero-order chi connectivity index (χ0) is 13.1. The van der Waals surface area contributed by atoms with Crippen LogP contribution in [0.2, 0.25) is 10.2 Å². The van der Waals surface area contributed by atoms with Gasteiger partial charge in [-0.05, 0) is 12.1 Å². The summed E-state index contributed by atoms with van der Waals surface area (Å²) in [4.78, 5) is 15.5. The molecule has 18 heavy (non-hydrogen) atoms. The van der Waals surface area contributed by atoms with Crippen molar-refractivity contribution in [1.82, 2.24) is 4.98 Å². The van der Waals surface area contributed by atoms with Gasteiger partial charge in [0.1, 0.15) is 5.15 Å². The Morgan fingerprint density at radius 1 is 1.28 bits per heavy atom. The largest absolute Gasteiger partial charge is 0.465 e. The molecule has 0 saturated carbocycles. The summed E-state index contributed by atoms with van der Waals surface area (Å²) in [6, 6.07) is 8.91. The van der Waals surface area contributed by atoms with Gasteiger partial charge < -0.3 is 4.74 Å². The first-order valence-corrected chi connectivity index (χ1v) is 5.88. The molecule has 1 aromatic carbocycles. The Labute approximate surface area is 114 Å². The number of benzene rings is 1. The molecule has 0 aliphatic carbocycles. The summed E-state index contributed by atoms with van der Waals surface area (Å²) in [6.07, 6.45) is 1.57. The van der Waals surface area contributed by atoms with E-state index in [1.165, 1.54) is 7.11 Å². The number of rotatable bonds is 2. The minimum Gasteiger partial charge on any atom is -0.465 e. The van der Waals surface area contributed by atoms with Gasteiger partial charge in [0.15, 0.2) is 0 Å². The Bertz CT molecular complexity index is 599. The zero-order valence-corrected chi connectivity index (χ0v) is 11.0. The summed E-state index contributed by atoms with van der Waals surface area (Å²) in [5.74, 6) is -0.526. The highest BCUT2D eigenvalue weighted by atomic mass is 35.5. The molecule has 92 valence electrons. The number of methoxy groups -OCH3 is 1. The molecule has 3 nitrogen and oxygen atoms in total. The van der Waals surface area contributed by atoms with Crippen LogP contribution in [-0.2, 0) is 4.74 Å². The van der Waals surface area contributed by atoms with Crippen LogP contribution in [0.5, 0.6) is 0 Å². The van der Waals surface area contributed by atoms with Crippen molar-refractivity contribution in [3.63, 3.8) is 0 Å². The number of hydrogen-bond acceptors (Lipinski definition) is 3. The van der Waals surface area contributed by atoms with Crippen LogP contribution in [-0.4, -0.2) is 18.1 Å². The van der Waals surface area contributed by atoms with Gasteiger partial charge in [0.05, 0.1) is 12.7 Å². The smallest absolute Gasteiger partial charge is 0.341 e. The quantitative estimate of drug-likeness (QED) is 0.620. The average Bonchev–Trinajstić information content (AvgIpc) is 2.39. The summed E-state index contributed by atoms with van der Waals surface area (Å²) in [5.41, 5.74) is 1.72. The third-order valence-corrected chi connectivity index (χ3v) is 3.06. The molecule has 0 aliphatic rings. The van der Waals surface area contributed by atoms with Crippen LogP contribution in [0.3, 0.4) is 0 Å². The highest BCUT2D eigenvalue weighted by Gasteiger charge is 2.14. The van der Waals surface area contributed by atoms with Gasteiger partial charge in [-0.25, -0.2) is 9.78 Å². The molecule has 0 fully saturated rings. The molecule has 1 aromatic heterocycles. The summed E-state index contributed by atoms with van der Waals surface area (Å²) in [7, 11) is 1.29. The van der Waals surface area contributed by atoms with Crippen LogP contribution in [0.4, 0.5) is 0 Å². The van der Waals surface area contributed by atoms with Gasteiger partial charge in [0.2, 0.25) is 0 Å². The second kappa shape index (κ2) is 5.38. The molecule has 1 heterocycles. The highest BCUT2D eigenvalue weighted by Crippen LogP contribution is 2.29. The predicted molar refractivity (Wildman–Crippen MR) is 71.0 cm³/mol. The van der Waals surface area contributed by atoms with Crippen molar-refractivity contribution < 1.29 is 9.53 Å². The summed E-state index contributed by atoms with van der Waals surface area (Å²) in [5, 5.41) is 0.690. The van der Waals surface area contributed by atoms with E-state index in [2.05, 4.69) is 9.72 Å². The molecule has 0 radical (unpaired) electrons. The second-order valence-electron chi connectivity index (χ2n) is 3.53. The van der Waals surface area contributed by atoms with E-state index in [4.69, 9.17) is 23.2 Å². The van der Waals surface area contributed by atoms with Gasteiger partial charge >= 0.3 is 5.97 Å². The van der Waals surface area contributed by atoms with Crippen LogP contribution in [0.25, 0.3) is 11.1 Å². The first-order valence-electron chi connectivity index (χ1n) is 5.12. The number of hydrogen-bond donors (Lipinski definition) is 0. The average molecular weight is 282 g/mol. The number of nitrogens with zero attached hydrogens (tertiary/aromatic N) is 1. The molecular weight excluding hydrogens is 273 g/mol. The van der Waals surface area contributed by atoms with Crippen LogP contribution in [0.1, 0.15) is 10.4 Å². The van der Waals surface area contributed by atoms with Crippen LogP contribution < -0.4 is 0 Å². The van der Waals surface area contributed by atoms with Crippen molar-refractivity contribution in [2.75, 3.05) is 7.11 Å². The van der Waals surface area contributed by atoms with Gasteiger partial charge in [-0.1, -0.05) is 41.4 Å². The fourth-order valence-electron chi connectivity index (χ4n) is 1.54. The number of carbonyl (C=O) groups is 1. The van der Waals surface area contributed by atoms with E-state index in [-0.39, 0.29) is 10.7 Å². The lowest BCUT2D eigenvalue weighted by molar-refractivity contribution is 0.0600. The maximum absolute atomic E-state index is 11.5. The maximum Gasteiger partial charge on any atom is 0.341 e. The van der Waals surface area contributed by atoms with E-state index >= 15 is 0 Å². The Hall–Kier alpha value is -1.58. The third kappa shape index (κ3) is 2.47. The lowest BCUT2D eigenvalue weighted by Crippen LogP contribution is -2.03. The highest BCUT2D eigenvalue weighted by molar-refractivity contribution is 6.34. The minimum absolute atomic E-state index is 0.109. The summed E-state index contributed by atoms with van der Waals surface area (Å²) < 4.78 is 4.64. The molecule has 0 bridgehead atoms. The van der Waals surface area contributed by atoms with Gasteiger partial charge in [0, 0.05) is 22.3 Å². The van der Waals surface area contributed by atoms with E-state index in [9.17, 15) is 4.79 Å². The fraction of sp³-hybridized carbons (Fsp3) is 0.0769. The van der Waals surface area contributed by atoms with Gasteiger partial charge in [-0.2, -0.15) is 0 Å². The third-order valence-electron chi connectivity index (χ3n) is 2.43. The molecule has 5 heteroatoms. The number of pyridine rings is 1. The minimum atomic E-state index is -0.526. The number of ether oxygens (including phenoxy) is 1. The standard InChI is InChI=1S/C13H9Cl2NO2/c1-18-13(17)10-6-8(7-16-12(10)15)9-4-2-3-5-11(9)14/h2-7H,1H3. The number of aromatic nitrogens is 1. The topological polar surface area (TPSA) is 39.2 Å². The Kier molecular flexibility index (Phi) is 3.84. The SMILES string of the molecule is COC(=O)c1cc(-c2ccccc2Cl)cnc1Cl. The number of esters is 1. The van der Waals surface area contributed by atoms with Crippen LogP contribution >= 0.6 is 23.2 Å².